The Morgan fingerprint density at radius 3 is 2.47 bits per heavy atom. The van der Waals surface area contributed by atoms with Crippen molar-refractivity contribution in [2.45, 2.75) is 57.3 Å². The minimum Gasteiger partial charge on any atom is -0.497 e. The minimum absolute atomic E-state index is 0.258. The molecule has 0 aliphatic carbocycles. The number of hydrogen-bond acceptors (Lipinski definition) is 6. The number of aliphatic hydroxyl groups excluding tert-OH is 1. The van der Waals surface area contributed by atoms with Crippen LogP contribution in [0.1, 0.15) is 50.7 Å². The maximum Gasteiger partial charge on any atom is 0.194 e. The Hall–Kier alpha value is -2.03. The summed E-state index contributed by atoms with van der Waals surface area (Å²) in [5.41, 5.74) is 0.720. The molecule has 1 aromatic rings. The highest BCUT2D eigenvalue weighted by Crippen LogP contribution is 2.26. The van der Waals surface area contributed by atoms with Gasteiger partial charge in [0.15, 0.2) is 5.96 Å². The molecular formula is C24H39N3O5. The molecule has 2 aliphatic rings. The van der Waals surface area contributed by atoms with Crippen LogP contribution in [0.15, 0.2) is 23.2 Å². The second kappa shape index (κ2) is 12.9. The van der Waals surface area contributed by atoms with Gasteiger partial charge in [0.25, 0.3) is 0 Å². The van der Waals surface area contributed by atoms with Gasteiger partial charge in [-0.1, -0.05) is 0 Å². The van der Waals surface area contributed by atoms with Crippen LogP contribution in [-0.4, -0.2) is 81.8 Å². The highest BCUT2D eigenvalue weighted by molar-refractivity contribution is 5.80. The fourth-order valence-electron chi connectivity index (χ4n) is 4.14. The van der Waals surface area contributed by atoms with Crippen LogP contribution in [0.5, 0.6) is 11.5 Å². The summed E-state index contributed by atoms with van der Waals surface area (Å²) in [6, 6.07) is 5.42. The van der Waals surface area contributed by atoms with Crippen LogP contribution in [0.2, 0.25) is 0 Å². The van der Waals surface area contributed by atoms with E-state index in [1.165, 1.54) is 12.8 Å². The number of guanidine groups is 1. The molecule has 3 rings (SSSR count). The summed E-state index contributed by atoms with van der Waals surface area (Å²) in [6.07, 6.45) is 5.23. The van der Waals surface area contributed by atoms with Gasteiger partial charge in [-0.3, -0.25) is 4.99 Å². The van der Waals surface area contributed by atoms with Gasteiger partial charge in [-0.15, -0.1) is 0 Å². The monoisotopic (exact) mass is 449 g/mol. The number of hydrogen-bond donors (Lipinski definition) is 2. The molecule has 8 heteroatoms. The molecule has 180 valence electrons. The molecule has 2 heterocycles. The zero-order valence-corrected chi connectivity index (χ0v) is 19.7. The zero-order chi connectivity index (χ0) is 22.8. The second-order valence-corrected chi connectivity index (χ2v) is 8.36. The maximum atomic E-state index is 10.7. The lowest BCUT2D eigenvalue weighted by Gasteiger charge is -2.35. The van der Waals surface area contributed by atoms with E-state index in [2.05, 4.69) is 17.1 Å². The van der Waals surface area contributed by atoms with Gasteiger partial charge in [0.1, 0.15) is 11.5 Å². The molecule has 2 fully saturated rings. The average Bonchev–Trinajstić information content (AvgIpc) is 2.85. The van der Waals surface area contributed by atoms with E-state index in [0.717, 1.165) is 57.0 Å². The largest absolute Gasteiger partial charge is 0.497 e. The summed E-state index contributed by atoms with van der Waals surface area (Å²) < 4.78 is 22.5. The highest BCUT2D eigenvalue weighted by atomic mass is 16.5. The first-order chi connectivity index (χ1) is 15.6. The number of piperidine rings is 1. The van der Waals surface area contributed by atoms with Crippen LogP contribution in [0, 0.1) is 0 Å². The van der Waals surface area contributed by atoms with Gasteiger partial charge in [0.05, 0.1) is 45.7 Å². The predicted molar refractivity (Wildman–Crippen MR) is 125 cm³/mol. The van der Waals surface area contributed by atoms with E-state index in [4.69, 9.17) is 23.9 Å². The summed E-state index contributed by atoms with van der Waals surface area (Å²) in [7, 11) is 3.20. The fourth-order valence-corrected chi connectivity index (χ4v) is 4.14. The van der Waals surface area contributed by atoms with Gasteiger partial charge >= 0.3 is 0 Å². The molecule has 2 unspecified atom stereocenters. The molecule has 2 aliphatic heterocycles. The van der Waals surface area contributed by atoms with Crippen molar-refractivity contribution in [3.63, 3.8) is 0 Å². The summed E-state index contributed by atoms with van der Waals surface area (Å²) in [6.45, 7) is 6.42. The van der Waals surface area contributed by atoms with Gasteiger partial charge < -0.3 is 34.3 Å². The fraction of sp³-hybridized carbons (Fsp3) is 0.708. The molecule has 1 aromatic carbocycles. The molecule has 2 saturated heterocycles. The van der Waals surface area contributed by atoms with Crippen molar-refractivity contribution in [3.05, 3.63) is 23.8 Å². The number of nitrogens with zero attached hydrogens (tertiary/aromatic N) is 2. The van der Waals surface area contributed by atoms with E-state index in [1.54, 1.807) is 20.3 Å². The lowest BCUT2D eigenvalue weighted by molar-refractivity contribution is -0.0721. The number of benzene rings is 1. The van der Waals surface area contributed by atoms with E-state index in [9.17, 15) is 5.11 Å². The van der Waals surface area contributed by atoms with Crippen molar-refractivity contribution in [3.8, 4) is 11.5 Å². The number of likely N-dealkylation sites (tertiary alicyclic amines) is 1. The van der Waals surface area contributed by atoms with Crippen LogP contribution >= 0.6 is 0 Å². The number of rotatable bonds is 9. The van der Waals surface area contributed by atoms with Crippen LogP contribution < -0.4 is 14.8 Å². The van der Waals surface area contributed by atoms with Crippen molar-refractivity contribution in [1.82, 2.24) is 10.2 Å². The lowest BCUT2D eigenvalue weighted by Crippen LogP contribution is -2.47. The standard InChI is InChI=1S/C24H39N3O5/c1-4-25-24(26-16-23(28)18-13-21(29-2)15-22(14-18)30-3)27-10-8-19(9-11-27)32-17-20-7-5-6-12-31-20/h13-15,19-20,23,28H,4-12,16-17H2,1-3H3,(H,25,26). The van der Waals surface area contributed by atoms with Gasteiger partial charge in [-0.25, -0.2) is 0 Å². The Bertz CT molecular complexity index is 693. The maximum absolute atomic E-state index is 10.7. The third-order valence-corrected chi connectivity index (χ3v) is 6.04. The van der Waals surface area contributed by atoms with Crippen LogP contribution in [0.25, 0.3) is 0 Å². The molecule has 2 N–H and O–H groups in total. The van der Waals surface area contributed by atoms with E-state index < -0.39 is 6.10 Å². The topological polar surface area (TPSA) is 84.8 Å². The molecule has 2 atom stereocenters. The normalized spacial score (nSPS) is 21.3. The van der Waals surface area contributed by atoms with Gasteiger partial charge in [0, 0.05) is 32.3 Å². The number of nitrogens with one attached hydrogen (secondary N) is 1. The average molecular weight is 450 g/mol. The molecule has 32 heavy (non-hydrogen) atoms. The molecule has 0 spiro atoms. The summed E-state index contributed by atoms with van der Waals surface area (Å²) in [4.78, 5) is 6.96. The van der Waals surface area contributed by atoms with E-state index in [1.807, 2.05) is 12.1 Å². The van der Waals surface area contributed by atoms with Crippen molar-refractivity contribution in [2.75, 3.05) is 53.6 Å². The Morgan fingerprint density at radius 2 is 1.88 bits per heavy atom. The molecule has 0 amide bonds. The van der Waals surface area contributed by atoms with Crippen molar-refractivity contribution >= 4 is 5.96 Å². The molecule has 0 radical (unpaired) electrons. The number of ether oxygens (including phenoxy) is 4. The smallest absolute Gasteiger partial charge is 0.194 e. The van der Waals surface area contributed by atoms with Crippen LogP contribution in [0.4, 0.5) is 0 Å². The molecule has 0 bridgehead atoms. The van der Waals surface area contributed by atoms with Gasteiger partial charge in [-0.2, -0.15) is 0 Å². The third kappa shape index (κ3) is 7.25. The lowest BCUT2D eigenvalue weighted by atomic mass is 10.1. The Kier molecular flexibility index (Phi) is 9.89. The van der Waals surface area contributed by atoms with Gasteiger partial charge in [-0.05, 0) is 56.7 Å². The number of aliphatic imine (C=N–C) groups is 1. The highest BCUT2D eigenvalue weighted by Gasteiger charge is 2.24. The second-order valence-electron chi connectivity index (χ2n) is 8.36. The zero-order valence-electron chi connectivity index (χ0n) is 19.7. The van der Waals surface area contributed by atoms with E-state index >= 15 is 0 Å². The van der Waals surface area contributed by atoms with Crippen LogP contribution in [0.3, 0.4) is 0 Å². The number of aliphatic hydroxyl groups is 1. The van der Waals surface area contributed by atoms with E-state index in [0.29, 0.717) is 18.1 Å². The first kappa shape index (κ1) is 24.6. The third-order valence-electron chi connectivity index (χ3n) is 6.04. The molecule has 0 aromatic heterocycles. The Morgan fingerprint density at radius 1 is 1.16 bits per heavy atom. The molecule has 8 nitrogen and oxygen atoms in total. The molecule has 0 saturated carbocycles. The van der Waals surface area contributed by atoms with Crippen molar-refractivity contribution in [1.29, 1.82) is 0 Å². The quantitative estimate of drug-likeness (QED) is 0.443. The van der Waals surface area contributed by atoms with Crippen molar-refractivity contribution < 1.29 is 24.1 Å². The SMILES string of the molecule is CCNC(=NCC(O)c1cc(OC)cc(OC)c1)N1CCC(OCC2CCCCO2)CC1. The van der Waals surface area contributed by atoms with Crippen molar-refractivity contribution in [2.24, 2.45) is 4.99 Å². The first-order valence-electron chi connectivity index (χ1n) is 11.8. The summed E-state index contributed by atoms with van der Waals surface area (Å²) in [5, 5.41) is 14.1. The summed E-state index contributed by atoms with van der Waals surface area (Å²) >= 11 is 0. The van der Waals surface area contributed by atoms with Crippen LogP contribution in [-0.2, 0) is 9.47 Å². The molecular weight excluding hydrogens is 410 g/mol. The Balaban J connectivity index is 1.52. The minimum atomic E-state index is -0.746. The van der Waals surface area contributed by atoms with Gasteiger partial charge in [0.2, 0.25) is 0 Å². The van der Waals surface area contributed by atoms with E-state index in [-0.39, 0.29) is 18.8 Å². The first-order valence-corrected chi connectivity index (χ1v) is 11.8. The summed E-state index contributed by atoms with van der Waals surface area (Å²) in [5.74, 6) is 2.13. The predicted octanol–water partition coefficient (Wildman–Crippen LogP) is 2.75. The Labute approximate surface area is 191 Å². The number of methoxy groups -OCH3 is 2.